The molecule has 0 bridgehead atoms. The van der Waals surface area contributed by atoms with Gasteiger partial charge >= 0.3 is 0 Å². The quantitative estimate of drug-likeness (QED) is 0.779. The second kappa shape index (κ2) is 8.50. The lowest BCUT2D eigenvalue weighted by Gasteiger charge is -2.23. The van der Waals surface area contributed by atoms with Crippen molar-refractivity contribution in [2.45, 2.75) is 32.7 Å². The van der Waals surface area contributed by atoms with Crippen molar-refractivity contribution in [2.24, 2.45) is 5.92 Å². The maximum absolute atomic E-state index is 6.28. The van der Waals surface area contributed by atoms with Crippen molar-refractivity contribution in [1.29, 1.82) is 0 Å². The van der Waals surface area contributed by atoms with Crippen molar-refractivity contribution in [2.75, 3.05) is 26.4 Å². The van der Waals surface area contributed by atoms with E-state index in [1.165, 1.54) is 0 Å². The van der Waals surface area contributed by atoms with Gasteiger partial charge in [0.1, 0.15) is 5.75 Å². The number of hydrogen-bond donors (Lipinski definition) is 1. The summed E-state index contributed by atoms with van der Waals surface area (Å²) < 4.78 is 11.4. The topological polar surface area (TPSA) is 30.5 Å². The number of ether oxygens (including phenoxy) is 2. The molecule has 0 aliphatic carbocycles. The molecule has 1 aliphatic heterocycles. The molecule has 1 aromatic carbocycles. The highest BCUT2D eigenvalue weighted by Crippen LogP contribution is 2.30. The van der Waals surface area contributed by atoms with Crippen LogP contribution in [0.15, 0.2) is 18.2 Å². The molecule has 0 amide bonds. The molecule has 3 nitrogen and oxygen atoms in total. The van der Waals surface area contributed by atoms with Gasteiger partial charge in [0.05, 0.1) is 11.6 Å². The van der Waals surface area contributed by atoms with Crippen LogP contribution in [0.3, 0.4) is 0 Å². The van der Waals surface area contributed by atoms with Crippen molar-refractivity contribution in [3.63, 3.8) is 0 Å². The molecule has 1 saturated heterocycles. The molecule has 0 radical (unpaired) electrons. The van der Waals surface area contributed by atoms with Crippen molar-refractivity contribution in [1.82, 2.24) is 5.32 Å². The molecule has 0 aromatic heterocycles. The molecule has 0 spiro atoms. The molecule has 1 aliphatic rings. The van der Waals surface area contributed by atoms with Crippen LogP contribution in [0.2, 0.25) is 5.02 Å². The van der Waals surface area contributed by atoms with Gasteiger partial charge in [-0.2, -0.15) is 0 Å². The van der Waals surface area contributed by atoms with Gasteiger partial charge in [-0.15, -0.1) is 0 Å². The van der Waals surface area contributed by atoms with E-state index in [1.54, 1.807) is 0 Å². The van der Waals surface area contributed by atoms with Gasteiger partial charge in [0.25, 0.3) is 0 Å². The molecule has 112 valence electrons. The molecule has 1 fully saturated rings. The summed E-state index contributed by atoms with van der Waals surface area (Å²) in [4.78, 5) is 0. The van der Waals surface area contributed by atoms with Crippen LogP contribution in [0, 0.1) is 5.92 Å². The van der Waals surface area contributed by atoms with Crippen LogP contribution in [-0.2, 0) is 11.3 Å². The van der Waals surface area contributed by atoms with Gasteiger partial charge < -0.3 is 14.8 Å². The maximum atomic E-state index is 6.28. The Hall–Kier alpha value is -0.770. The zero-order valence-corrected chi connectivity index (χ0v) is 12.9. The molecule has 1 heterocycles. The molecule has 20 heavy (non-hydrogen) atoms. The van der Waals surface area contributed by atoms with E-state index in [0.717, 1.165) is 63.5 Å². The minimum atomic E-state index is 0.580. The van der Waals surface area contributed by atoms with Gasteiger partial charge in [-0.1, -0.05) is 30.7 Å². The van der Waals surface area contributed by atoms with Gasteiger partial charge in [0.2, 0.25) is 0 Å². The first kappa shape index (κ1) is 15.6. The first-order valence-corrected chi connectivity index (χ1v) is 7.87. The second-order valence-electron chi connectivity index (χ2n) is 5.27. The third-order valence-corrected chi connectivity index (χ3v) is 3.89. The monoisotopic (exact) mass is 297 g/mol. The number of halogens is 1. The summed E-state index contributed by atoms with van der Waals surface area (Å²) in [5.41, 5.74) is 1.14. The van der Waals surface area contributed by atoms with E-state index in [4.69, 9.17) is 21.1 Å². The zero-order valence-electron chi connectivity index (χ0n) is 12.2. The first-order valence-electron chi connectivity index (χ1n) is 7.50. The molecule has 1 N–H and O–H groups in total. The smallest absolute Gasteiger partial charge is 0.142 e. The van der Waals surface area contributed by atoms with Gasteiger partial charge in [-0.05, 0) is 37.8 Å². The third-order valence-electron chi connectivity index (χ3n) is 3.60. The van der Waals surface area contributed by atoms with E-state index < -0.39 is 0 Å². The Labute approximate surface area is 126 Å². The first-order chi connectivity index (χ1) is 9.81. The summed E-state index contributed by atoms with van der Waals surface area (Å²) in [6, 6.07) is 5.95. The van der Waals surface area contributed by atoms with Crippen LogP contribution in [0.4, 0.5) is 0 Å². The average molecular weight is 298 g/mol. The van der Waals surface area contributed by atoms with E-state index in [9.17, 15) is 0 Å². The Morgan fingerprint density at radius 1 is 1.35 bits per heavy atom. The van der Waals surface area contributed by atoms with Crippen molar-refractivity contribution < 1.29 is 9.47 Å². The molecular weight excluding hydrogens is 274 g/mol. The largest absolute Gasteiger partial charge is 0.491 e. The van der Waals surface area contributed by atoms with Crippen LogP contribution in [-0.4, -0.2) is 26.4 Å². The standard InChI is InChI=1S/C16H24ClNO2/c1-2-8-18-11-14-4-3-5-15(17)16(14)20-12-13-6-9-19-10-7-13/h3-5,13,18H,2,6-12H2,1H3. The summed E-state index contributed by atoms with van der Waals surface area (Å²) in [6.45, 7) is 6.40. The predicted octanol–water partition coefficient (Wildman–Crippen LogP) is 3.65. The molecular formula is C16H24ClNO2. The SMILES string of the molecule is CCCNCc1cccc(Cl)c1OCC1CCOCC1. The van der Waals surface area contributed by atoms with Gasteiger partial charge in [-0.3, -0.25) is 0 Å². The highest BCUT2D eigenvalue weighted by Gasteiger charge is 2.16. The fraction of sp³-hybridized carbons (Fsp3) is 0.625. The third kappa shape index (κ3) is 4.65. The van der Waals surface area contributed by atoms with Crippen LogP contribution < -0.4 is 10.1 Å². The Morgan fingerprint density at radius 3 is 2.90 bits per heavy atom. The van der Waals surface area contributed by atoms with E-state index in [2.05, 4.69) is 18.3 Å². The molecule has 2 rings (SSSR count). The summed E-state index contributed by atoms with van der Waals surface area (Å²) in [5.74, 6) is 1.42. The number of nitrogens with one attached hydrogen (secondary N) is 1. The summed E-state index contributed by atoms with van der Waals surface area (Å²) >= 11 is 6.28. The predicted molar refractivity (Wildman–Crippen MR) is 82.5 cm³/mol. The Balaban J connectivity index is 1.93. The average Bonchev–Trinajstić information content (AvgIpc) is 2.48. The van der Waals surface area contributed by atoms with E-state index in [-0.39, 0.29) is 0 Å². The minimum Gasteiger partial charge on any atom is -0.491 e. The van der Waals surface area contributed by atoms with E-state index in [0.29, 0.717) is 10.9 Å². The summed E-state index contributed by atoms with van der Waals surface area (Å²) in [7, 11) is 0. The fourth-order valence-electron chi connectivity index (χ4n) is 2.37. The summed E-state index contributed by atoms with van der Waals surface area (Å²) in [6.07, 6.45) is 3.28. The highest BCUT2D eigenvalue weighted by atomic mass is 35.5. The normalized spacial score (nSPS) is 16.3. The number of para-hydroxylation sites is 1. The molecule has 4 heteroatoms. The lowest BCUT2D eigenvalue weighted by atomic mass is 10.0. The lowest BCUT2D eigenvalue weighted by Crippen LogP contribution is -2.22. The highest BCUT2D eigenvalue weighted by molar-refractivity contribution is 6.32. The summed E-state index contributed by atoms with van der Waals surface area (Å²) in [5, 5.41) is 4.10. The second-order valence-corrected chi connectivity index (χ2v) is 5.68. The number of benzene rings is 1. The zero-order chi connectivity index (χ0) is 14.2. The Kier molecular flexibility index (Phi) is 6.64. The van der Waals surface area contributed by atoms with Gasteiger partial charge in [0.15, 0.2) is 0 Å². The van der Waals surface area contributed by atoms with Crippen LogP contribution in [0.1, 0.15) is 31.7 Å². The minimum absolute atomic E-state index is 0.580. The van der Waals surface area contributed by atoms with Crippen molar-refractivity contribution in [3.8, 4) is 5.75 Å². The molecule has 1 aromatic rings. The lowest BCUT2D eigenvalue weighted by molar-refractivity contribution is 0.0496. The van der Waals surface area contributed by atoms with Crippen molar-refractivity contribution >= 4 is 11.6 Å². The van der Waals surface area contributed by atoms with Crippen molar-refractivity contribution in [3.05, 3.63) is 28.8 Å². The fourth-order valence-corrected chi connectivity index (χ4v) is 2.62. The van der Waals surface area contributed by atoms with Gasteiger partial charge in [0, 0.05) is 25.3 Å². The maximum Gasteiger partial charge on any atom is 0.142 e. The Morgan fingerprint density at radius 2 is 2.15 bits per heavy atom. The van der Waals surface area contributed by atoms with Crippen LogP contribution in [0.25, 0.3) is 0 Å². The molecule has 0 saturated carbocycles. The molecule has 0 unspecified atom stereocenters. The number of hydrogen-bond acceptors (Lipinski definition) is 3. The van der Waals surface area contributed by atoms with E-state index >= 15 is 0 Å². The van der Waals surface area contributed by atoms with Crippen LogP contribution in [0.5, 0.6) is 5.75 Å². The Bertz CT molecular complexity index is 405. The van der Waals surface area contributed by atoms with E-state index in [1.807, 2.05) is 12.1 Å². The van der Waals surface area contributed by atoms with Gasteiger partial charge in [-0.25, -0.2) is 0 Å². The van der Waals surface area contributed by atoms with Crippen LogP contribution >= 0.6 is 11.6 Å². The number of rotatable bonds is 7. The molecule has 0 atom stereocenters.